The van der Waals surface area contributed by atoms with Crippen molar-refractivity contribution in [1.82, 2.24) is 4.90 Å². The summed E-state index contributed by atoms with van der Waals surface area (Å²) in [5.74, 6) is -0.0760. The fourth-order valence-corrected chi connectivity index (χ4v) is 2.27. The number of ether oxygens (including phenoxy) is 2. The maximum Gasteiger partial charge on any atom is 0.325 e. The lowest BCUT2D eigenvalue weighted by Gasteiger charge is -2.19. The molecular weight excluding hydrogens is 254 g/mol. The first-order valence-electron chi connectivity index (χ1n) is 5.70. The van der Waals surface area contributed by atoms with Crippen molar-refractivity contribution < 1.29 is 19.1 Å². The van der Waals surface area contributed by atoms with Gasteiger partial charge in [-0.2, -0.15) is 0 Å². The van der Waals surface area contributed by atoms with Gasteiger partial charge < -0.3 is 14.4 Å². The van der Waals surface area contributed by atoms with E-state index < -0.39 is 5.97 Å². The van der Waals surface area contributed by atoms with Crippen LogP contribution in [0.25, 0.3) is 0 Å². The first-order valence-corrected chi connectivity index (χ1v) is 6.58. The first kappa shape index (κ1) is 14.5. The number of thiophene rings is 1. The number of methoxy groups -OCH3 is 1. The van der Waals surface area contributed by atoms with Gasteiger partial charge in [0, 0.05) is 6.54 Å². The van der Waals surface area contributed by atoms with Crippen molar-refractivity contribution in [3.05, 3.63) is 16.3 Å². The Hall–Kier alpha value is -1.56. The molecule has 0 radical (unpaired) electrons. The van der Waals surface area contributed by atoms with Gasteiger partial charge in [-0.1, -0.05) is 0 Å². The summed E-state index contributed by atoms with van der Waals surface area (Å²) in [7, 11) is 1.51. The minimum atomic E-state index is -0.400. The molecular formula is C12H17NO4S. The largest absolute Gasteiger partial charge is 0.495 e. The van der Waals surface area contributed by atoms with E-state index in [1.807, 2.05) is 6.92 Å². The molecule has 0 aliphatic carbocycles. The third-order valence-corrected chi connectivity index (χ3v) is 3.22. The molecule has 5 nitrogen and oxygen atoms in total. The lowest BCUT2D eigenvalue weighted by atomic mass is 10.3. The molecule has 0 bridgehead atoms. The Morgan fingerprint density at radius 2 is 2.11 bits per heavy atom. The van der Waals surface area contributed by atoms with Gasteiger partial charge in [0.1, 0.15) is 17.2 Å². The molecule has 6 heteroatoms. The molecule has 0 fully saturated rings. The van der Waals surface area contributed by atoms with Gasteiger partial charge in [0.25, 0.3) is 5.91 Å². The smallest absolute Gasteiger partial charge is 0.325 e. The minimum Gasteiger partial charge on any atom is -0.495 e. The zero-order valence-electron chi connectivity index (χ0n) is 10.8. The molecule has 0 aliphatic heterocycles. The van der Waals surface area contributed by atoms with Crippen LogP contribution in [0, 0.1) is 0 Å². The van der Waals surface area contributed by atoms with Gasteiger partial charge in [0.05, 0.1) is 13.7 Å². The summed E-state index contributed by atoms with van der Waals surface area (Å²) < 4.78 is 9.94. The molecule has 0 aromatic carbocycles. The topological polar surface area (TPSA) is 55.8 Å². The molecule has 0 saturated carbocycles. The van der Waals surface area contributed by atoms with Crippen LogP contribution in [0.3, 0.4) is 0 Å². The quantitative estimate of drug-likeness (QED) is 0.740. The number of hydrogen-bond donors (Lipinski definition) is 0. The molecule has 1 rings (SSSR count). The molecule has 1 aromatic rings. The number of likely N-dealkylation sites (N-methyl/N-ethyl adjacent to an activating group) is 1. The predicted octanol–water partition coefficient (Wildman–Crippen LogP) is 1.78. The van der Waals surface area contributed by atoms with Crippen molar-refractivity contribution >= 4 is 23.2 Å². The van der Waals surface area contributed by atoms with Crippen LogP contribution in [0.4, 0.5) is 0 Å². The van der Waals surface area contributed by atoms with Crippen LogP contribution in [0.5, 0.6) is 5.75 Å². The first-order chi connectivity index (χ1) is 8.63. The van der Waals surface area contributed by atoms with E-state index in [1.54, 1.807) is 18.4 Å². The van der Waals surface area contributed by atoms with E-state index in [0.717, 1.165) is 0 Å². The summed E-state index contributed by atoms with van der Waals surface area (Å²) in [4.78, 5) is 25.5. The highest BCUT2D eigenvalue weighted by molar-refractivity contribution is 7.12. The normalized spacial score (nSPS) is 9.94. The van der Waals surface area contributed by atoms with E-state index in [2.05, 4.69) is 0 Å². The van der Waals surface area contributed by atoms with Gasteiger partial charge in [-0.15, -0.1) is 11.3 Å². The Kier molecular flexibility index (Phi) is 5.64. The molecule has 1 heterocycles. The molecule has 100 valence electrons. The van der Waals surface area contributed by atoms with Gasteiger partial charge in [-0.25, -0.2) is 0 Å². The Labute approximate surface area is 110 Å². The predicted molar refractivity (Wildman–Crippen MR) is 69.1 cm³/mol. The zero-order chi connectivity index (χ0) is 13.5. The van der Waals surface area contributed by atoms with Crippen LogP contribution in [0.2, 0.25) is 0 Å². The summed E-state index contributed by atoms with van der Waals surface area (Å²) in [6, 6.07) is 1.73. The lowest BCUT2D eigenvalue weighted by molar-refractivity contribution is -0.143. The standard InChI is InChI=1S/C12H17NO4S/c1-4-13(8-10(14)17-5-2)12(15)11-9(16-3)6-7-18-11/h6-7H,4-5,8H2,1-3H3. The van der Waals surface area contributed by atoms with Crippen molar-refractivity contribution in [3.63, 3.8) is 0 Å². The van der Waals surface area contributed by atoms with Crippen molar-refractivity contribution in [2.24, 2.45) is 0 Å². The summed E-state index contributed by atoms with van der Waals surface area (Å²) in [5, 5.41) is 1.78. The highest BCUT2D eigenvalue weighted by atomic mass is 32.1. The molecule has 0 saturated heterocycles. The van der Waals surface area contributed by atoms with E-state index in [4.69, 9.17) is 9.47 Å². The summed E-state index contributed by atoms with van der Waals surface area (Å²) in [5.41, 5.74) is 0. The van der Waals surface area contributed by atoms with Gasteiger partial charge in [0.2, 0.25) is 0 Å². The maximum atomic E-state index is 12.2. The molecule has 1 amide bonds. The van der Waals surface area contributed by atoms with Gasteiger partial charge >= 0.3 is 5.97 Å². The average Bonchev–Trinajstić information content (AvgIpc) is 2.83. The highest BCUT2D eigenvalue weighted by Crippen LogP contribution is 2.25. The van der Waals surface area contributed by atoms with Crippen LogP contribution < -0.4 is 4.74 Å². The second-order valence-electron chi connectivity index (χ2n) is 3.44. The van der Waals surface area contributed by atoms with Crippen molar-refractivity contribution in [2.75, 3.05) is 26.8 Å². The maximum absolute atomic E-state index is 12.2. The van der Waals surface area contributed by atoms with Crippen LogP contribution in [-0.4, -0.2) is 43.6 Å². The van der Waals surface area contributed by atoms with Crippen LogP contribution in [0.15, 0.2) is 11.4 Å². The number of carbonyl (C=O) groups excluding carboxylic acids is 2. The number of nitrogens with zero attached hydrogens (tertiary/aromatic N) is 1. The SMILES string of the molecule is CCOC(=O)CN(CC)C(=O)c1sccc1OC. The molecule has 0 aliphatic rings. The number of esters is 1. The number of hydrogen-bond acceptors (Lipinski definition) is 5. The van der Waals surface area contributed by atoms with Gasteiger partial charge in [-0.05, 0) is 25.3 Å². The van der Waals surface area contributed by atoms with E-state index in [0.29, 0.717) is 23.8 Å². The van der Waals surface area contributed by atoms with Crippen LogP contribution in [-0.2, 0) is 9.53 Å². The average molecular weight is 271 g/mol. The lowest BCUT2D eigenvalue weighted by Crippen LogP contribution is -2.36. The monoisotopic (exact) mass is 271 g/mol. The minimum absolute atomic E-state index is 0.0375. The van der Waals surface area contributed by atoms with Gasteiger partial charge in [0.15, 0.2) is 0 Å². The number of amides is 1. The Morgan fingerprint density at radius 3 is 2.67 bits per heavy atom. The van der Waals surface area contributed by atoms with E-state index in [-0.39, 0.29) is 12.5 Å². The second kappa shape index (κ2) is 7.00. The van der Waals surface area contributed by atoms with Crippen LogP contribution >= 0.6 is 11.3 Å². The van der Waals surface area contributed by atoms with Crippen molar-refractivity contribution in [3.8, 4) is 5.75 Å². The summed E-state index contributed by atoms with van der Waals surface area (Å²) in [6.07, 6.45) is 0. The van der Waals surface area contributed by atoms with E-state index in [9.17, 15) is 9.59 Å². The van der Waals surface area contributed by atoms with Crippen LogP contribution in [0.1, 0.15) is 23.5 Å². The third kappa shape index (κ3) is 3.46. The van der Waals surface area contributed by atoms with E-state index in [1.165, 1.54) is 23.3 Å². The van der Waals surface area contributed by atoms with Crippen molar-refractivity contribution in [2.45, 2.75) is 13.8 Å². The third-order valence-electron chi connectivity index (χ3n) is 2.34. The zero-order valence-corrected chi connectivity index (χ0v) is 11.6. The Morgan fingerprint density at radius 1 is 1.39 bits per heavy atom. The molecule has 0 unspecified atom stereocenters. The molecule has 0 N–H and O–H groups in total. The molecule has 18 heavy (non-hydrogen) atoms. The van der Waals surface area contributed by atoms with Gasteiger partial charge in [-0.3, -0.25) is 9.59 Å². The second-order valence-corrected chi connectivity index (χ2v) is 4.36. The molecule has 0 spiro atoms. The van der Waals surface area contributed by atoms with Crippen molar-refractivity contribution in [1.29, 1.82) is 0 Å². The fourth-order valence-electron chi connectivity index (χ4n) is 1.45. The Balaban J connectivity index is 2.76. The fraction of sp³-hybridized carbons (Fsp3) is 0.500. The summed E-state index contributed by atoms with van der Waals surface area (Å²) in [6.45, 7) is 4.27. The number of carbonyl (C=O) groups is 2. The molecule has 0 atom stereocenters. The highest BCUT2D eigenvalue weighted by Gasteiger charge is 2.22. The Bertz CT molecular complexity index is 416. The summed E-state index contributed by atoms with van der Waals surface area (Å²) >= 11 is 1.30. The number of rotatable bonds is 6. The van der Waals surface area contributed by atoms with E-state index >= 15 is 0 Å². The molecule has 1 aromatic heterocycles.